The number of anilines is 1. The molecule has 20 heavy (non-hydrogen) atoms. The van der Waals surface area contributed by atoms with Crippen LogP contribution in [0.5, 0.6) is 0 Å². The van der Waals surface area contributed by atoms with E-state index in [1.54, 1.807) is 24.3 Å². The van der Waals surface area contributed by atoms with Gasteiger partial charge in [-0.25, -0.2) is 0 Å². The number of hydrogen-bond acceptors (Lipinski definition) is 3. The highest BCUT2D eigenvalue weighted by molar-refractivity contribution is 6.03. The standard InChI is InChI=1S/C16H16N2O2/c1-12(19)17-16(18-14-10-6-3-7-11-14)15(20)13-8-4-2-5-9-13/h2-11,16,18H,1H3,(H,17,19)/t16-/m1/s1. The summed E-state index contributed by atoms with van der Waals surface area (Å²) in [6, 6.07) is 18.2. The molecule has 2 aromatic rings. The van der Waals surface area contributed by atoms with E-state index in [-0.39, 0.29) is 11.7 Å². The van der Waals surface area contributed by atoms with Gasteiger partial charge in [-0.3, -0.25) is 9.59 Å². The van der Waals surface area contributed by atoms with Crippen LogP contribution in [0.15, 0.2) is 60.7 Å². The first-order chi connectivity index (χ1) is 9.66. The maximum absolute atomic E-state index is 12.4. The minimum atomic E-state index is -0.780. The second-order valence-corrected chi connectivity index (χ2v) is 4.37. The normalized spacial score (nSPS) is 11.4. The minimum absolute atomic E-state index is 0.176. The Kier molecular flexibility index (Phi) is 4.50. The highest BCUT2D eigenvalue weighted by Crippen LogP contribution is 2.10. The van der Waals surface area contributed by atoms with Gasteiger partial charge >= 0.3 is 0 Å². The van der Waals surface area contributed by atoms with Gasteiger partial charge in [0.05, 0.1) is 0 Å². The molecule has 0 aliphatic carbocycles. The SMILES string of the molecule is CC(=O)N[C@H](Nc1ccccc1)C(=O)c1ccccc1. The third-order valence-electron chi connectivity index (χ3n) is 2.75. The zero-order valence-corrected chi connectivity index (χ0v) is 11.2. The zero-order valence-electron chi connectivity index (χ0n) is 11.2. The average molecular weight is 268 g/mol. The molecule has 0 heterocycles. The molecule has 0 radical (unpaired) electrons. The molecule has 0 saturated carbocycles. The monoisotopic (exact) mass is 268 g/mol. The number of para-hydroxylation sites is 1. The van der Waals surface area contributed by atoms with Gasteiger partial charge in [-0.1, -0.05) is 48.5 Å². The van der Waals surface area contributed by atoms with E-state index < -0.39 is 6.17 Å². The summed E-state index contributed by atoms with van der Waals surface area (Å²) in [5.74, 6) is -0.438. The Morgan fingerprint density at radius 2 is 1.45 bits per heavy atom. The van der Waals surface area contributed by atoms with Gasteiger partial charge in [0.25, 0.3) is 0 Å². The van der Waals surface area contributed by atoms with Gasteiger partial charge in [0.1, 0.15) is 0 Å². The van der Waals surface area contributed by atoms with Crippen LogP contribution >= 0.6 is 0 Å². The molecule has 2 aromatic carbocycles. The van der Waals surface area contributed by atoms with Crippen LogP contribution in [0.2, 0.25) is 0 Å². The number of benzene rings is 2. The molecule has 1 atom stereocenters. The fraction of sp³-hybridized carbons (Fsp3) is 0.125. The highest BCUT2D eigenvalue weighted by atomic mass is 16.2. The number of ketones is 1. The zero-order chi connectivity index (χ0) is 14.4. The molecule has 0 spiro atoms. The molecule has 0 saturated heterocycles. The predicted molar refractivity (Wildman–Crippen MR) is 78.4 cm³/mol. The molecule has 2 N–H and O–H groups in total. The van der Waals surface area contributed by atoms with Crippen molar-refractivity contribution in [3.8, 4) is 0 Å². The van der Waals surface area contributed by atoms with Crippen LogP contribution in [-0.4, -0.2) is 17.9 Å². The third kappa shape index (κ3) is 3.68. The molecule has 102 valence electrons. The number of carbonyl (C=O) groups is 2. The van der Waals surface area contributed by atoms with Crippen molar-refractivity contribution in [2.75, 3.05) is 5.32 Å². The quantitative estimate of drug-likeness (QED) is 0.647. The minimum Gasteiger partial charge on any atom is -0.359 e. The number of rotatable bonds is 5. The van der Waals surface area contributed by atoms with Crippen LogP contribution in [0.1, 0.15) is 17.3 Å². The highest BCUT2D eigenvalue weighted by Gasteiger charge is 2.20. The second kappa shape index (κ2) is 6.52. The number of nitrogens with one attached hydrogen (secondary N) is 2. The van der Waals surface area contributed by atoms with E-state index >= 15 is 0 Å². The smallest absolute Gasteiger partial charge is 0.218 e. The van der Waals surface area contributed by atoms with Crippen molar-refractivity contribution < 1.29 is 9.59 Å². The van der Waals surface area contributed by atoms with Crippen molar-refractivity contribution in [1.29, 1.82) is 0 Å². The summed E-state index contributed by atoms with van der Waals surface area (Å²) in [5, 5.41) is 5.65. The van der Waals surface area contributed by atoms with E-state index in [0.717, 1.165) is 5.69 Å². The Bertz CT molecular complexity index is 582. The van der Waals surface area contributed by atoms with Crippen LogP contribution in [0, 0.1) is 0 Å². The predicted octanol–water partition coefficient (Wildman–Crippen LogP) is 2.44. The number of amides is 1. The second-order valence-electron chi connectivity index (χ2n) is 4.37. The van der Waals surface area contributed by atoms with Crippen molar-refractivity contribution in [3.63, 3.8) is 0 Å². The van der Waals surface area contributed by atoms with E-state index in [0.29, 0.717) is 5.56 Å². The summed E-state index contributed by atoms with van der Waals surface area (Å²) in [7, 11) is 0. The van der Waals surface area contributed by atoms with Gasteiger partial charge in [0.15, 0.2) is 6.17 Å². The topological polar surface area (TPSA) is 58.2 Å². The first kappa shape index (κ1) is 13.8. The Labute approximate surface area is 117 Å². The molecule has 4 heteroatoms. The molecular weight excluding hydrogens is 252 g/mol. The van der Waals surface area contributed by atoms with Gasteiger partial charge in [-0.15, -0.1) is 0 Å². The van der Waals surface area contributed by atoms with Gasteiger partial charge in [0.2, 0.25) is 11.7 Å². The molecule has 1 amide bonds. The summed E-state index contributed by atoms with van der Waals surface area (Å²) in [5.41, 5.74) is 1.32. The fourth-order valence-corrected chi connectivity index (χ4v) is 1.84. The maximum atomic E-state index is 12.4. The summed E-state index contributed by atoms with van der Waals surface area (Å²) in [6.07, 6.45) is -0.780. The fourth-order valence-electron chi connectivity index (χ4n) is 1.84. The molecule has 0 unspecified atom stereocenters. The maximum Gasteiger partial charge on any atom is 0.218 e. The van der Waals surface area contributed by atoms with Gasteiger partial charge < -0.3 is 10.6 Å². The first-order valence-corrected chi connectivity index (χ1v) is 6.35. The van der Waals surface area contributed by atoms with Gasteiger partial charge in [-0.2, -0.15) is 0 Å². The molecule has 0 aromatic heterocycles. The van der Waals surface area contributed by atoms with Crippen molar-refractivity contribution in [2.24, 2.45) is 0 Å². The Morgan fingerprint density at radius 1 is 0.900 bits per heavy atom. The molecule has 0 bridgehead atoms. The number of hydrogen-bond donors (Lipinski definition) is 2. The summed E-state index contributed by atoms with van der Waals surface area (Å²) >= 11 is 0. The molecule has 0 fully saturated rings. The summed E-state index contributed by atoms with van der Waals surface area (Å²) in [4.78, 5) is 23.7. The van der Waals surface area contributed by atoms with Gasteiger partial charge in [0, 0.05) is 18.2 Å². The molecule has 0 aliphatic heterocycles. The van der Waals surface area contributed by atoms with E-state index in [1.807, 2.05) is 36.4 Å². The Balaban J connectivity index is 2.19. The number of carbonyl (C=O) groups excluding carboxylic acids is 2. The molecule has 0 aliphatic rings. The molecule has 4 nitrogen and oxygen atoms in total. The third-order valence-corrected chi connectivity index (χ3v) is 2.75. The van der Waals surface area contributed by atoms with E-state index in [4.69, 9.17) is 0 Å². The average Bonchev–Trinajstić information content (AvgIpc) is 2.47. The van der Waals surface area contributed by atoms with Crippen molar-refractivity contribution in [3.05, 3.63) is 66.2 Å². The van der Waals surface area contributed by atoms with Crippen LogP contribution in [-0.2, 0) is 4.79 Å². The Morgan fingerprint density at radius 3 is 2.00 bits per heavy atom. The van der Waals surface area contributed by atoms with Crippen LogP contribution < -0.4 is 10.6 Å². The Hall–Kier alpha value is -2.62. The van der Waals surface area contributed by atoms with Crippen LogP contribution in [0.25, 0.3) is 0 Å². The molecular formula is C16H16N2O2. The lowest BCUT2D eigenvalue weighted by atomic mass is 10.1. The van der Waals surface area contributed by atoms with Crippen molar-refractivity contribution in [2.45, 2.75) is 13.1 Å². The lowest BCUT2D eigenvalue weighted by molar-refractivity contribution is -0.119. The van der Waals surface area contributed by atoms with E-state index in [9.17, 15) is 9.59 Å². The van der Waals surface area contributed by atoms with E-state index in [1.165, 1.54) is 6.92 Å². The summed E-state index contributed by atoms with van der Waals surface area (Å²) in [6.45, 7) is 1.39. The van der Waals surface area contributed by atoms with Gasteiger partial charge in [-0.05, 0) is 12.1 Å². The van der Waals surface area contributed by atoms with Crippen molar-refractivity contribution in [1.82, 2.24) is 5.32 Å². The van der Waals surface area contributed by atoms with Crippen molar-refractivity contribution >= 4 is 17.4 Å². The number of Topliss-reactive ketones (excluding diaryl/α,β-unsaturated/α-hetero) is 1. The van der Waals surface area contributed by atoms with E-state index in [2.05, 4.69) is 10.6 Å². The first-order valence-electron chi connectivity index (χ1n) is 6.35. The largest absolute Gasteiger partial charge is 0.359 e. The molecule has 2 rings (SSSR count). The van der Waals surface area contributed by atoms with Crippen LogP contribution in [0.4, 0.5) is 5.69 Å². The summed E-state index contributed by atoms with van der Waals surface area (Å²) < 4.78 is 0. The van der Waals surface area contributed by atoms with Crippen LogP contribution in [0.3, 0.4) is 0 Å². The lowest BCUT2D eigenvalue weighted by Gasteiger charge is -2.19. The lowest BCUT2D eigenvalue weighted by Crippen LogP contribution is -2.45.